The van der Waals surface area contributed by atoms with Crippen LogP contribution in [0.3, 0.4) is 0 Å². The second-order valence-electron chi connectivity index (χ2n) is 5.42. The van der Waals surface area contributed by atoms with Gasteiger partial charge in [-0.2, -0.15) is 0 Å². The number of methoxy groups -OCH3 is 2. The van der Waals surface area contributed by atoms with E-state index in [0.29, 0.717) is 21.7 Å². The molecule has 3 rings (SSSR count). The number of aliphatic carboxylic acids is 1. The number of nitrogens with zero attached hydrogens (tertiary/aromatic N) is 2. The van der Waals surface area contributed by atoms with Gasteiger partial charge in [0.1, 0.15) is 4.70 Å². The van der Waals surface area contributed by atoms with E-state index in [0.717, 1.165) is 10.1 Å². The first-order valence-corrected chi connectivity index (χ1v) is 8.04. The normalized spacial score (nSPS) is 12.5. The highest BCUT2D eigenvalue weighted by Crippen LogP contribution is 2.38. The molecule has 0 aliphatic carbocycles. The molecule has 0 radical (unpaired) electrons. The van der Waals surface area contributed by atoms with E-state index in [1.807, 2.05) is 6.07 Å². The Labute approximate surface area is 141 Å². The Kier molecular flexibility index (Phi) is 4.15. The van der Waals surface area contributed by atoms with Crippen molar-refractivity contribution in [2.24, 2.45) is 5.92 Å². The van der Waals surface area contributed by atoms with Crippen molar-refractivity contribution < 1.29 is 19.4 Å². The zero-order chi connectivity index (χ0) is 17.4. The van der Waals surface area contributed by atoms with Gasteiger partial charge in [-0.1, -0.05) is 6.92 Å². The number of hydrogen-bond donors (Lipinski definition) is 1. The van der Waals surface area contributed by atoms with Gasteiger partial charge in [-0.3, -0.25) is 14.2 Å². The Bertz CT molecular complexity index is 991. The van der Waals surface area contributed by atoms with E-state index in [1.54, 1.807) is 27.2 Å². The number of thiophene rings is 1. The molecule has 8 heteroatoms. The van der Waals surface area contributed by atoms with Gasteiger partial charge in [-0.25, -0.2) is 4.98 Å². The molecule has 0 saturated heterocycles. The smallest absolute Gasteiger partial charge is 0.308 e. The Balaban J connectivity index is 2.20. The molecule has 3 aromatic rings. The fourth-order valence-electron chi connectivity index (χ4n) is 2.50. The molecular weight excluding hydrogens is 332 g/mol. The first kappa shape index (κ1) is 16.3. The minimum absolute atomic E-state index is 0.0813. The lowest BCUT2D eigenvalue weighted by Gasteiger charge is -2.08. The maximum atomic E-state index is 12.6. The standard InChI is InChI=1S/C16H16N2O5S/c1-8(16(20)21)6-18-7-17-13-9-4-10(22-2)11(23-3)5-12(9)24-14(13)15(18)19/h4-5,7-8H,6H2,1-3H3,(H,20,21)/t8-/m0/s1. The fourth-order valence-corrected chi connectivity index (χ4v) is 3.61. The zero-order valence-corrected chi connectivity index (χ0v) is 14.2. The minimum atomic E-state index is -0.951. The predicted octanol–water partition coefficient (Wildman–Crippen LogP) is 2.35. The molecule has 2 heterocycles. The highest BCUT2D eigenvalue weighted by Gasteiger charge is 2.17. The van der Waals surface area contributed by atoms with Crippen LogP contribution in [0, 0.1) is 5.92 Å². The van der Waals surface area contributed by atoms with Crippen LogP contribution >= 0.6 is 11.3 Å². The van der Waals surface area contributed by atoms with Gasteiger partial charge in [0, 0.05) is 22.7 Å². The molecule has 0 aliphatic heterocycles. The van der Waals surface area contributed by atoms with Gasteiger partial charge >= 0.3 is 5.97 Å². The van der Waals surface area contributed by atoms with Crippen LogP contribution in [0.15, 0.2) is 23.3 Å². The molecule has 126 valence electrons. The van der Waals surface area contributed by atoms with Gasteiger partial charge in [-0.05, 0) is 6.07 Å². The van der Waals surface area contributed by atoms with Gasteiger partial charge in [0.25, 0.3) is 5.56 Å². The Morgan fingerprint density at radius 3 is 2.62 bits per heavy atom. The molecular formula is C16H16N2O5S. The molecule has 0 fully saturated rings. The topological polar surface area (TPSA) is 90.7 Å². The third kappa shape index (κ3) is 2.58. The molecule has 0 spiro atoms. The molecule has 7 nitrogen and oxygen atoms in total. The Hall–Kier alpha value is -2.61. The number of carboxylic acids is 1. The number of carboxylic acid groups (broad SMARTS) is 1. The van der Waals surface area contributed by atoms with Crippen molar-refractivity contribution in [2.75, 3.05) is 14.2 Å². The molecule has 24 heavy (non-hydrogen) atoms. The van der Waals surface area contributed by atoms with Gasteiger partial charge in [0.05, 0.1) is 32.0 Å². The fraction of sp³-hybridized carbons (Fsp3) is 0.312. The average molecular weight is 348 g/mol. The molecule has 1 aromatic carbocycles. The maximum absolute atomic E-state index is 12.6. The van der Waals surface area contributed by atoms with E-state index in [9.17, 15) is 9.59 Å². The minimum Gasteiger partial charge on any atom is -0.493 e. The monoisotopic (exact) mass is 348 g/mol. The van der Waals surface area contributed by atoms with E-state index in [2.05, 4.69) is 4.98 Å². The van der Waals surface area contributed by atoms with Crippen molar-refractivity contribution in [3.8, 4) is 11.5 Å². The van der Waals surface area contributed by atoms with E-state index in [1.165, 1.54) is 22.2 Å². The van der Waals surface area contributed by atoms with Crippen LogP contribution in [-0.2, 0) is 11.3 Å². The first-order valence-electron chi connectivity index (χ1n) is 7.22. The molecule has 1 N–H and O–H groups in total. The summed E-state index contributed by atoms with van der Waals surface area (Å²) in [6.07, 6.45) is 1.40. The average Bonchev–Trinajstić information content (AvgIpc) is 2.94. The lowest BCUT2D eigenvalue weighted by molar-refractivity contribution is -0.141. The third-order valence-electron chi connectivity index (χ3n) is 3.84. The summed E-state index contributed by atoms with van der Waals surface area (Å²) in [6.45, 7) is 1.64. The predicted molar refractivity (Wildman–Crippen MR) is 91.3 cm³/mol. The first-order chi connectivity index (χ1) is 11.5. The van der Waals surface area contributed by atoms with Crippen LogP contribution in [0.4, 0.5) is 0 Å². The summed E-state index contributed by atoms with van der Waals surface area (Å²) < 4.78 is 13.3. The van der Waals surface area contributed by atoms with E-state index < -0.39 is 11.9 Å². The quantitative estimate of drug-likeness (QED) is 0.761. The highest BCUT2D eigenvalue weighted by molar-refractivity contribution is 7.25. The lowest BCUT2D eigenvalue weighted by Crippen LogP contribution is -2.26. The zero-order valence-electron chi connectivity index (χ0n) is 13.4. The summed E-state index contributed by atoms with van der Waals surface area (Å²) in [6, 6.07) is 3.60. The van der Waals surface area contributed by atoms with Crippen LogP contribution in [0.5, 0.6) is 11.5 Å². The summed E-state index contributed by atoms with van der Waals surface area (Å²) in [7, 11) is 3.10. The number of aromatic nitrogens is 2. The molecule has 0 bridgehead atoms. The summed E-state index contributed by atoms with van der Waals surface area (Å²) in [5.74, 6) is -0.476. The van der Waals surface area contributed by atoms with E-state index in [4.69, 9.17) is 14.6 Å². The molecule has 0 aliphatic rings. The molecule has 0 amide bonds. The van der Waals surface area contributed by atoms with E-state index >= 15 is 0 Å². The summed E-state index contributed by atoms with van der Waals surface area (Å²) in [5, 5.41) is 9.82. The van der Waals surface area contributed by atoms with Crippen molar-refractivity contribution in [3.63, 3.8) is 0 Å². The summed E-state index contributed by atoms with van der Waals surface area (Å²) in [4.78, 5) is 28.0. The largest absolute Gasteiger partial charge is 0.493 e. The SMILES string of the molecule is COc1cc2sc3c(=O)n(C[C@H](C)C(=O)O)cnc3c2cc1OC. The number of hydrogen-bond acceptors (Lipinski definition) is 6. The summed E-state index contributed by atoms with van der Waals surface area (Å²) in [5.41, 5.74) is 0.340. The van der Waals surface area contributed by atoms with Gasteiger partial charge < -0.3 is 14.6 Å². The lowest BCUT2D eigenvalue weighted by atomic mass is 10.2. The highest BCUT2D eigenvalue weighted by atomic mass is 32.1. The van der Waals surface area contributed by atoms with Gasteiger partial charge in [0.15, 0.2) is 11.5 Å². The van der Waals surface area contributed by atoms with E-state index in [-0.39, 0.29) is 12.1 Å². The van der Waals surface area contributed by atoms with Crippen molar-refractivity contribution in [1.29, 1.82) is 0 Å². The number of fused-ring (bicyclic) bond motifs is 3. The number of benzene rings is 1. The van der Waals surface area contributed by atoms with Crippen molar-refractivity contribution >= 4 is 37.6 Å². The maximum Gasteiger partial charge on any atom is 0.308 e. The number of ether oxygens (including phenoxy) is 2. The third-order valence-corrected chi connectivity index (χ3v) is 4.97. The molecule has 0 unspecified atom stereocenters. The van der Waals surface area contributed by atoms with Gasteiger partial charge in [-0.15, -0.1) is 11.3 Å². The van der Waals surface area contributed by atoms with Crippen LogP contribution in [0.25, 0.3) is 20.3 Å². The van der Waals surface area contributed by atoms with Crippen molar-refractivity contribution in [2.45, 2.75) is 13.5 Å². The van der Waals surface area contributed by atoms with Crippen molar-refractivity contribution in [3.05, 3.63) is 28.8 Å². The van der Waals surface area contributed by atoms with Crippen molar-refractivity contribution in [1.82, 2.24) is 9.55 Å². The van der Waals surface area contributed by atoms with Crippen LogP contribution < -0.4 is 15.0 Å². The molecule has 0 saturated carbocycles. The van der Waals surface area contributed by atoms with Crippen LogP contribution in [0.2, 0.25) is 0 Å². The second kappa shape index (κ2) is 6.12. The molecule has 2 aromatic heterocycles. The number of carbonyl (C=O) groups is 1. The van der Waals surface area contributed by atoms with Gasteiger partial charge in [0.2, 0.25) is 0 Å². The van der Waals surface area contributed by atoms with Crippen LogP contribution in [-0.4, -0.2) is 34.8 Å². The molecule has 1 atom stereocenters. The Morgan fingerprint density at radius 1 is 1.33 bits per heavy atom. The second-order valence-corrected chi connectivity index (χ2v) is 6.48. The van der Waals surface area contributed by atoms with Crippen LogP contribution in [0.1, 0.15) is 6.92 Å². The summed E-state index contributed by atoms with van der Waals surface area (Å²) >= 11 is 1.31. The Morgan fingerprint density at radius 2 is 2.00 bits per heavy atom. The number of rotatable bonds is 5.